The first-order valence-electron chi connectivity index (χ1n) is 5.87. The van der Waals surface area contributed by atoms with Crippen molar-refractivity contribution in [3.05, 3.63) is 12.2 Å². The second kappa shape index (κ2) is 6.06. The molecule has 0 bridgehead atoms. The fourth-order valence-corrected chi connectivity index (χ4v) is 1.94. The predicted molar refractivity (Wildman–Crippen MR) is 61.1 cm³/mol. The molecule has 1 aliphatic heterocycles. The van der Waals surface area contributed by atoms with Gasteiger partial charge < -0.3 is 9.47 Å². The Morgan fingerprint density at radius 2 is 2.53 bits per heavy atom. The largest absolute Gasteiger partial charge is 0.376 e. The Morgan fingerprint density at radius 3 is 3.18 bits per heavy atom. The molecule has 1 aromatic heterocycles. The molecule has 3 N–H and O–H groups in total. The van der Waals surface area contributed by atoms with Crippen LogP contribution in [0.15, 0.2) is 6.33 Å². The highest BCUT2D eigenvalue weighted by Crippen LogP contribution is 2.10. The maximum absolute atomic E-state index is 5.63. The fourth-order valence-electron chi connectivity index (χ4n) is 1.94. The first kappa shape index (κ1) is 12.4. The number of hydrogen-bond donors (Lipinski definition) is 2. The third-order valence-electron chi connectivity index (χ3n) is 2.90. The van der Waals surface area contributed by atoms with Gasteiger partial charge in [-0.2, -0.15) is 5.10 Å². The summed E-state index contributed by atoms with van der Waals surface area (Å²) >= 11 is 0. The van der Waals surface area contributed by atoms with Crippen molar-refractivity contribution in [2.24, 2.45) is 5.84 Å². The normalized spacial score (nSPS) is 22.6. The lowest BCUT2D eigenvalue weighted by Crippen LogP contribution is -2.50. The molecule has 17 heavy (non-hydrogen) atoms. The maximum Gasteiger partial charge on any atom is 0.138 e. The molecule has 0 amide bonds. The van der Waals surface area contributed by atoms with Crippen molar-refractivity contribution in [3.8, 4) is 0 Å². The van der Waals surface area contributed by atoms with Gasteiger partial charge in [-0.3, -0.25) is 16.0 Å². The van der Waals surface area contributed by atoms with Gasteiger partial charge in [-0.25, -0.2) is 4.98 Å². The van der Waals surface area contributed by atoms with Crippen molar-refractivity contribution in [3.63, 3.8) is 0 Å². The number of nitrogens with one attached hydrogen (secondary N) is 1. The maximum atomic E-state index is 5.63. The molecule has 2 rings (SSSR count). The van der Waals surface area contributed by atoms with E-state index >= 15 is 0 Å². The number of rotatable bonds is 5. The number of nitrogens with two attached hydrogens (primary N) is 1. The first-order valence-corrected chi connectivity index (χ1v) is 5.87. The second-order valence-corrected chi connectivity index (χ2v) is 3.95. The van der Waals surface area contributed by atoms with Crippen LogP contribution in [0.5, 0.6) is 0 Å². The van der Waals surface area contributed by atoms with Crippen LogP contribution in [0, 0.1) is 0 Å². The molecule has 0 radical (unpaired) electrons. The minimum absolute atomic E-state index is 0.00944. The van der Waals surface area contributed by atoms with Crippen molar-refractivity contribution in [2.75, 3.05) is 19.8 Å². The summed E-state index contributed by atoms with van der Waals surface area (Å²) in [4.78, 5) is 4.23. The van der Waals surface area contributed by atoms with E-state index < -0.39 is 0 Å². The topological polar surface area (TPSA) is 87.2 Å². The van der Waals surface area contributed by atoms with Gasteiger partial charge in [0, 0.05) is 13.0 Å². The van der Waals surface area contributed by atoms with Gasteiger partial charge in [0.15, 0.2) is 0 Å². The van der Waals surface area contributed by atoms with Crippen LogP contribution in [0.3, 0.4) is 0 Å². The van der Waals surface area contributed by atoms with E-state index in [1.54, 1.807) is 6.33 Å². The summed E-state index contributed by atoms with van der Waals surface area (Å²) in [5.41, 5.74) is 2.78. The zero-order valence-corrected chi connectivity index (χ0v) is 10.0. The van der Waals surface area contributed by atoms with E-state index in [9.17, 15) is 0 Å². The Hall–Kier alpha value is -1.02. The van der Waals surface area contributed by atoms with Gasteiger partial charge in [0.2, 0.25) is 0 Å². The third-order valence-corrected chi connectivity index (χ3v) is 2.90. The fraction of sp³-hybridized carbons (Fsp3) is 0.800. The van der Waals surface area contributed by atoms with Crippen LogP contribution >= 0.6 is 0 Å². The molecule has 7 nitrogen and oxygen atoms in total. The van der Waals surface area contributed by atoms with Crippen LogP contribution in [-0.2, 0) is 22.4 Å². The SMILES string of the molecule is CCn1ncnc1CC(NN)C1COCCO1. The van der Waals surface area contributed by atoms with Gasteiger partial charge in [0.25, 0.3) is 0 Å². The lowest BCUT2D eigenvalue weighted by Gasteiger charge is -2.29. The molecule has 0 spiro atoms. The van der Waals surface area contributed by atoms with E-state index in [-0.39, 0.29) is 12.1 Å². The summed E-state index contributed by atoms with van der Waals surface area (Å²) in [5, 5.41) is 4.13. The predicted octanol–water partition coefficient (Wildman–Crippen LogP) is -0.912. The quantitative estimate of drug-likeness (QED) is 0.512. The average Bonchev–Trinajstić information content (AvgIpc) is 2.84. The average molecular weight is 241 g/mol. The number of ether oxygens (including phenoxy) is 2. The van der Waals surface area contributed by atoms with Gasteiger partial charge in [-0.05, 0) is 6.92 Å². The zero-order valence-electron chi connectivity index (χ0n) is 10.0. The lowest BCUT2D eigenvalue weighted by molar-refractivity contribution is -0.101. The number of hydrogen-bond acceptors (Lipinski definition) is 6. The monoisotopic (exact) mass is 241 g/mol. The third kappa shape index (κ3) is 3.01. The molecule has 0 saturated carbocycles. The molecular weight excluding hydrogens is 222 g/mol. The van der Waals surface area contributed by atoms with E-state index in [0.29, 0.717) is 26.2 Å². The van der Waals surface area contributed by atoms with Crippen LogP contribution < -0.4 is 11.3 Å². The van der Waals surface area contributed by atoms with E-state index in [2.05, 4.69) is 15.5 Å². The number of aryl methyl sites for hydroxylation is 1. The van der Waals surface area contributed by atoms with Crippen molar-refractivity contribution in [1.82, 2.24) is 20.2 Å². The van der Waals surface area contributed by atoms with E-state index in [4.69, 9.17) is 15.3 Å². The first-order chi connectivity index (χ1) is 8.35. The Morgan fingerprint density at radius 1 is 1.65 bits per heavy atom. The molecule has 0 aliphatic carbocycles. The molecule has 1 aromatic rings. The van der Waals surface area contributed by atoms with Gasteiger partial charge >= 0.3 is 0 Å². The molecule has 2 unspecified atom stereocenters. The van der Waals surface area contributed by atoms with Crippen molar-refractivity contribution >= 4 is 0 Å². The van der Waals surface area contributed by atoms with Crippen molar-refractivity contribution < 1.29 is 9.47 Å². The Labute approximate surface area is 100 Å². The molecular formula is C10H19N5O2. The minimum atomic E-state index is -0.0317. The van der Waals surface area contributed by atoms with Crippen LogP contribution in [0.4, 0.5) is 0 Å². The van der Waals surface area contributed by atoms with E-state index in [0.717, 1.165) is 12.4 Å². The molecule has 2 atom stereocenters. The van der Waals surface area contributed by atoms with Gasteiger partial charge in [0.05, 0.1) is 32.0 Å². The molecule has 1 aliphatic rings. The highest BCUT2D eigenvalue weighted by Gasteiger charge is 2.25. The summed E-state index contributed by atoms with van der Waals surface area (Å²) in [5.74, 6) is 6.48. The van der Waals surface area contributed by atoms with Gasteiger partial charge in [-0.15, -0.1) is 0 Å². The zero-order chi connectivity index (χ0) is 12.1. The molecule has 1 saturated heterocycles. The van der Waals surface area contributed by atoms with Crippen LogP contribution in [0.1, 0.15) is 12.7 Å². The van der Waals surface area contributed by atoms with Crippen LogP contribution in [-0.4, -0.2) is 46.7 Å². The Kier molecular flexibility index (Phi) is 4.43. The molecule has 96 valence electrons. The summed E-state index contributed by atoms with van der Waals surface area (Å²) in [7, 11) is 0. The lowest BCUT2D eigenvalue weighted by atomic mass is 10.1. The summed E-state index contributed by atoms with van der Waals surface area (Å²) in [6.07, 6.45) is 2.21. The van der Waals surface area contributed by atoms with Crippen LogP contribution in [0.2, 0.25) is 0 Å². The standard InChI is InChI=1S/C10H19N5O2/c1-2-15-10(12-7-13-15)5-8(14-11)9-6-16-3-4-17-9/h7-9,14H,2-6,11H2,1H3. The highest BCUT2D eigenvalue weighted by molar-refractivity contribution is 4.92. The smallest absolute Gasteiger partial charge is 0.138 e. The number of hydrazine groups is 1. The number of aromatic nitrogens is 3. The van der Waals surface area contributed by atoms with Crippen molar-refractivity contribution in [2.45, 2.75) is 32.0 Å². The van der Waals surface area contributed by atoms with Gasteiger partial charge in [-0.1, -0.05) is 0 Å². The van der Waals surface area contributed by atoms with Crippen molar-refractivity contribution in [1.29, 1.82) is 0 Å². The summed E-state index contributed by atoms with van der Waals surface area (Å²) in [6, 6.07) is -0.00944. The molecule has 0 aromatic carbocycles. The van der Waals surface area contributed by atoms with Crippen LogP contribution in [0.25, 0.3) is 0 Å². The molecule has 1 fully saturated rings. The summed E-state index contributed by atoms with van der Waals surface area (Å²) < 4.78 is 12.9. The minimum Gasteiger partial charge on any atom is -0.376 e. The number of nitrogens with zero attached hydrogens (tertiary/aromatic N) is 3. The Bertz CT molecular complexity index is 337. The Balaban J connectivity index is 1.98. The molecule has 2 heterocycles. The second-order valence-electron chi connectivity index (χ2n) is 3.95. The van der Waals surface area contributed by atoms with E-state index in [1.165, 1.54) is 0 Å². The van der Waals surface area contributed by atoms with E-state index in [1.807, 2.05) is 11.6 Å². The summed E-state index contributed by atoms with van der Waals surface area (Å²) in [6.45, 7) is 4.66. The molecule has 7 heteroatoms. The highest BCUT2D eigenvalue weighted by atomic mass is 16.6. The van der Waals surface area contributed by atoms with Gasteiger partial charge in [0.1, 0.15) is 12.2 Å².